The van der Waals surface area contributed by atoms with Crippen molar-refractivity contribution >= 4 is 5.82 Å². The molecule has 0 radical (unpaired) electrons. The molecule has 1 aliphatic rings. The van der Waals surface area contributed by atoms with Crippen LogP contribution in [0.25, 0.3) is 0 Å². The molecule has 2 N–H and O–H groups in total. The SMILES string of the molecule is Cc1cc(N2CC(CN)CC2C)nc(C(C)C)n1. The van der Waals surface area contributed by atoms with Gasteiger partial charge in [-0.1, -0.05) is 13.8 Å². The van der Waals surface area contributed by atoms with Crippen molar-refractivity contribution in [2.75, 3.05) is 18.0 Å². The highest BCUT2D eigenvalue weighted by atomic mass is 15.2. The molecule has 1 fully saturated rings. The standard InChI is InChI=1S/C14H24N4/c1-9(2)14-16-10(3)5-13(17-14)18-8-12(7-15)6-11(18)4/h5,9,11-12H,6-8,15H2,1-4H3. The minimum absolute atomic E-state index is 0.367. The van der Waals surface area contributed by atoms with E-state index in [-0.39, 0.29) is 0 Å². The van der Waals surface area contributed by atoms with Crippen LogP contribution in [0, 0.1) is 12.8 Å². The second-order valence-corrected chi connectivity index (χ2v) is 5.72. The van der Waals surface area contributed by atoms with E-state index in [0.29, 0.717) is 17.9 Å². The van der Waals surface area contributed by atoms with Crippen LogP contribution in [0.5, 0.6) is 0 Å². The minimum Gasteiger partial charge on any atom is -0.353 e. The molecule has 0 aromatic carbocycles. The molecule has 0 saturated carbocycles. The van der Waals surface area contributed by atoms with Crippen molar-refractivity contribution in [3.05, 3.63) is 17.6 Å². The molecular formula is C14H24N4. The average Bonchev–Trinajstić information content (AvgIpc) is 2.69. The smallest absolute Gasteiger partial charge is 0.133 e. The topological polar surface area (TPSA) is 55.0 Å². The van der Waals surface area contributed by atoms with Crippen LogP contribution in [0.4, 0.5) is 5.82 Å². The summed E-state index contributed by atoms with van der Waals surface area (Å²) in [6.07, 6.45) is 1.16. The summed E-state index contributed by atoms with van der Waals surface area (Å²) in [6.45, 7) is 10.3. The molecular weight excluding hydrogens is 224 g/mol. The van der Waals surface area contributed by atoms with Gasteiger partial charge in [-0.05, 0) is 32.7 Å². The predicted molar refractivity (Wildman–Crippen MR) is 74.8 cm³/mol. The molecule has 100 valence electrons. The Bertz CT molecular complexity index is 416. The van der Waals surface area contributed by atoms with E-state index >= 15 is 0 Å². The van der Waals surface area contributed by atoms with E-state index in [9.17, 15) is 0 Å². The Hall–Kier alpha value is -1.16. The molecule has 1 aliphatic heterocycles. The van der Waals surface area contributed by atoms with Crippen molar-refractivity contribution < 1.29 is 0 Å². The molecule has 0 spiro atoms. The van der Waals surface area contributed by atoms with Crippen LogP contribution >= 0.6 is 0 Å². The molecule has 18 heavy (non-hydrogen) atoms. The summed E-state index contributed by atoms with van der Waals surface area (Å²) >= 11 is 0. The van der Waals surface area contributed by atoms with Gasteiger partial charge in [0.15, 0.2) is 0 Å². The molecule has 2 unspecified atom stereocenters. The van der Waals surface area contributed by atoms with Gasteiger partial charge in [0, 0.05) is 30.3 Å². The molecule has 2 heterocycles. The van der Waals surface area contributed by atoms with Gasteiger partial charge in [0.25, 0.3) is 0 Å². The van der Waals surface area contributed by atoms with Gasteiger partial charge in [0.2, 0.25) is 0 Å². The fourth-order valence-electron chi connectivity index (χ4n) is 2.61. The van der Waals surface area contributed by atoms with Gasteiger partial charge < -0.3 is 10.6 Å². The van der Waals surface area contributed by atoms with Crippen molar-refractivity contribution in [2.24, 2.45) is 11.7 Å². The zero-order valence-electron chi connectivity index (χ0n) is 11.8. The number of hydrogen-bond donors (Lipinski definition) is 1. The van der Waals surface area contributed by atoms with Crippen molar-refractivity contribution in [1.29, 1.82) is 0 Å². The van der Waals surface area contributed by atoms with Crippen LogP contribution in [-0.2, 0) is 0 Å². The number of nitrogens with zero attached hydrogens (tertiary/aromatic N) is 3. The van der Waals surface area contributed by atoms with Gasteiger partial charge in [0.05, 0.1) is 0 Å². The maximum Gasteiger partial charge on any atom is 0.133 e. The fraction of sp³-hybridized carbons (Fsp3) is 0.714. The highest BCUT2D eigenvalue weighted by molar-refractivity contribution is 5.42. The summed E-state index contributed by atoms with van der Waals surface area (Å²) in [5.41, 5.74) is 6.83. The van der Waals surface area contributed by atoms with Crippen molar-refractivity contribution in [1.82, 2.24) is 9.97 Å². The summed E-state index contributed by atoms with van der Waals surface area (Å²) in [5.74, 6) is 2.97. The molecule has 2 rings (SSSR count). The third-order valence-electron chi connectivity index (χ3n) is 3.66. The Kier molecular flexibility index (Phi) is 3.85. The van der Waals surface area contributed by atoms with Crippen molar-refractivity contribution in [3.63, 3.8) is 0 Å². The van der Waals surface area contributed by atoms with Gasteiger partial charge in [-0.2, -0.15) is 0 Å². The van der Waals surface area contributed by atoms with E-state index in [0.717, 1.165) is 36.8 Å². The quantitative estimate of drug-likeness (QED) is 0.890. The van der Waals surface area contributed by atoms with Crippen LogP contribution in [0.1, 0.15) is 44.6 Å². The Morgan fingerprint density at radius 1 is 1.44 bits per heavy atom. The van der Waals surface area contributed by atoms with E-state index in [1.165, 1.54) is 0 Å². The lowest BCUT2D eigenvalue weighted by Crippen LogP contribution is -2.29. The normalized spacial score (nSPS) is 24.0. The zero-order chi connectivity index (χ0) is 13.3. The summed E-state index contributed by atoms with van der Waals surface area (Å²) in [6, 6.07) is 2.61. The molecule has 1 saturated heterocycles. The van der Waals surface area contributed by atoms with Gasteiger partial charge in [0.1, 0.15) is 11.6 Å². The van der Waals surface area contributed by atoms with E-state index in [2.05, 4.69) is 36.7 Å². The molecule has 0 bridgehead atoms. The van der Waals surface area contributed by atoms with Crippen LogP contribution in [0.3, 0.4) is 0 Å². The Balaban J connectivity index is 2.28. The predicted octanol–water partition coefficient (Wildman–Crippen LogP) is 2.08. The second-order valence-electron chi connectivity index (χ2n) is 5.72. The van der Waals surface area contributed by atoms with Crippen LogP contribution in [-0.4, -0.2) is 29.1 Å². The van der Waals surface area contributed by atoms with Crippen LogP contribution < -0.4 is 10.6 Å². The molecule has 4 nitrogen and oxygen atoms in total. The van der Waals surface area contributed by atoms with E-state index in [1.54, 1.807) is 0 Å². The zero-order valence-corrected chi connectivity index (χ0v) is 11.8. The lowest BCUT2D eigenvalue weighted by atomic mass is 10.1. The lowest BCUT2D eigenvalue weighted by molar-refractivity contribution is 0.579. The first-order valence-electron chi connectivity index (χ1n) is 6.83. The van der Waals surface area contributed by atoms with Gasteiger partial charge in [-0.3, -0.25) is 0 Å². The number of aromatic nitrogens is 2. The molecule has 1 aromatic heterocycles. The van der Waals surface area contributed by atoms with Crippen LogP contribution in [0.2, 0.25) is 0 Å². The van der Waals surface area contributed by atoms with E-state index < -0.39 is 0 Å². The molecule has 0 amide bonds. The number of rotatable bonds is 3. The van der Waals surface area contributed by atoms with Crippen LogP contribution in [0.15, 0.2) is 6.07 Å². The third-order valence-corrected chi connectivity index (χ3v) is 3.66. The number of nitrogens with two attached hydrogens (primary N) is 1. The van der Waals surface area contributed by atoms with E-state index in [1.807, 2.05) is 6.92 Å². The molecule has 2 atom stereocenters. The highest BCUT2D eigenvalue weighted by Gasteiger charge is 2.29. The molecule has 4 heteroatoms. The van der Waals surface area contributed by atoms with Gasteiger partial charge >= 0.3 is 0 Å². The summed E-state index contributed by atoms with van der Waals surface area (Å²) < 4.78 is 0. The molecule has 1 aromatic rings. The maximum atomic E-state index is 5.78. The van der Waals surface area contributed by atoms with E-state index in [4.69, 9.17) is 10.7 Å². The second kappa shape index (κ2) is 5.22. The monoisotopic (exact) mass is 248 g/mol. The number of aryl methyl sites for hydroxylation is 1. The largest absolute Gasteiger partial charge is 0.353 e. The third kappa shape index (κ3) is 2.64. The number of anilines is 1. The Morgan fingerprint density at radius 3 is 2.72 bits per heavy atom. The summed E-state index contributed by atoms with van der Waals surface area (Å²) in [5, 5.41) is 0. The van der Waals surface area contributed by atoms with Crippen molar-refractivity contribution in [2.45, 2.75) is 46.1 Å². The average molecular weight is 248 g/mol. The fourth-order valence-corrected chi connectivity index (χ4v) is 2.61. The minimum atomic E-state index is 0.367. The first-order chi connectivity index (χ1) is 8.51. The Labute approximate surface area is 110 Å². The highest BCUT2D eigenvalue weighted by Crippen LogP contribution is 2.28. The number of hydrogen-bond acceptors (Lipinski definition) is 4. The summed E-state index contributed by atoms with van der Waals surface area (Å²) in [7, 11) is 0. The van der Waals surface area contributed by atoms with Gasteiger partial charge in [-0.15, -0.1) is 0 Å². The lowest BCUT2D eigenvalue weighted by Gasteiger charge is -2.23. The first kappa shape index (κ1) is 13.3. The first-order valence-corrected chi connectivity index (χ1v) is 6.83. The van der Waals surface area contributed by atoms with Gasteiger partial charge in [-0.25, -0.2) is 9.97 Å². The summed E-state index contributed by atoms with van der Waals surface area (Å²) in [4.78, 5) is 11.6. The molecule has 0 aliphatic carbocycles. The Morgan fingerprint density at radius 2 is 2.17 bits per heavy atom. The maximum absolute atomic E-state index is 5.78. The van der Waals surface area contributed by atoms with Crippen molar-refractivity contribution in [3.8, 4) is 0 Å².